The fourth-order valence-electron chi connectivity index (χ4n) is 3.35. The topological polar surface area (TPSA) is 18.5 Å². The van der Waals surface area contributed by atoms with E-state index in [4.69, 9.17) is 9.31 Å². The molecule has 0 N–H and O–H groups in total. The fourth-order valence-corrected chi connectivity index (χ4v) is 3.35. The van der Waals surface area contributed by atoms with E-state index in [1.54, 1.807) is 12.5 Å². The third-order valence-electron chi connectivity index (χ3n) is 4.88. The van der Waals surface area contributed by atoms with Crippen molar-refractivity contribution in [2.45, 2.75) is 0 Å². The summed E-state index contributed by atoms with van der Waals surface area (Å²) in [6, 6.07) is 40.8. The molecule has 150 valence electrons. The number of hydrogen-bond donors (Lipinski definition) is 0. The van der Waals surface area contributed by atoms with Crippen LogP contribution >= 0.6 is 0 Å². The van der Waals surface area contributed by atoms with Crippen LogP contribution in [0.3, 0.4) is 0 Å². The van der Waals surface area contributed by atoms with Gasteiger partial charge in [0.1, 0.15) is 0 Å². The molecule has 0 fully saturated rings. The van der Waals surface area contributed by atoms with E-state index in [2.05, 4.69) is 48.5 Å². The van der Waals surface area contributed by atoms with Crippen molar-refractivity contribution >= 4 is 18.8 Å². The summed E-state index contributed by atoms with van der Waals surface area (Å²) in [5.41, 5.74) is 6.41. The molecule has 0 heterocycles. The van der Waals surface area contributed by atoms with Crippen molar-refractivity contribution in [2.75, 3.05) is 0 Å². The van der Waals surface area contributed by atoms with E-state index in [9.17, 15) is 0 Å². The maximum atomic E-state index is 5.80. The van der Waals surface area contributed by atoms with Gasteiger partial charge in [-0.05, 0) is 22.3 Å². The molecular formula is C28H23BO2. The summed E-state index contributed by atoms with van der Waals surface area (Å²) in [6.45, 7) is 0. The molecule has 4 aromatic carbocycles. The lowest BCUT2D eigenvalue weighted by Gasteiger charge is -2.10. The summed E-state index contributed by atoms with van der Waals surface area (Å²) >= 11 is 0. The molecule has 0 bridgehead atoms. The van der Waals surface area contributed by atoms with E-state index in [-0.39, 0.29) is 7.69 Å². The van der Waals surface area contributed by atoms with Gasteiger partial charge >= 0.3 is 7.69 Å². The van der Waals surface area contributed by atoms with Crippen LogP contribution in [0.5, 0.6) is 0 Å². The van der Waals surface area contributed by atoms with Crippen LogP contribution in [0.25, 0.3) is 11.1 Å². The maximum absolute atomic E-state index is 5.80. The summed E-state index contributed by atoms with van der Waals surface area (Å²) in [5, 5.41) is 0. The van der Waals surface area contributed by atoms with Crippen molar-refractivity contribution in [3.8, 4) is 0 Å². The van der Waals surface area contributed by atoms with Crippen LogP contribution in [-0.4, -0.2) is 7.69 Å². The molecule has 0 radical (unpaired) electrons. The van der Waals surface area contributed by atoms with E-state index in [0.717, 1.165) is 33.4 Å². The molecule has 3 heteroatoms. The number of rotatable bonds is 8. The Bertz CT molecular complexity index is 947. The van der Waals surface area contributed by atoms with Crippen LogP contribution in [0.1, 0.15) is 22.3 Å². The minimum Gasteiger partial charge on any atom is -0.534 e. The van der Waals surface area contributed by atoms with Gasteiger partial charge in [0.25, 0.3) is 0 Å². The molecule has 0 aliphatic rings. The van der Waals surface area contributed by atoms with Crippen molar-refractivity contribution in [1.82, 2.24) is 0 Å². The van der Waals surface area contributed by atoms with Crippen molar-refractivity contribution in [3.05, 3.63) is 156 Å². The Kier molecular flexibility index (Phi) is 7.01. The average Bonchev–Trinajstić information content (AvgIpc) is 2.86. The molecule has 0 amide bonds. The Morgan fingerprint density at radius 2 is 0.677 bits per heavy atom. The number of benzene rings is 4. The fraction of sp³-hybridized carbons (Fsp3) is 0. The molecule has 0 saturated carbocycles. The lowest BCUT2D eigenvalue weighted by atomic mass is 9.99. The van der Waals surface area contributed by atoms with Gasteiger partial charge in [-0.1, -0.05) is 121 Å². The molecule has 0 aromatic heterocycles. The van der Waals surface area contributed by atoms with Gasteiger partial charge in [0.05, 0.1) is 12.5 Å². The Balaban J connectivity index is 1.51. The Morgan fingerprint density at radius 3 is 0.935 bits per heavy atom. The smallest absolute Gasteiger partial charge is 0.534 e. The SMILES string of the molecule is B(OC=C(c1ccccc1)c1ccccc1)OC=C(c1ccccc1)c1ccccc1. The standard InChI is InChI=1S/C28H23BO2/c1-5-13-23(14-6-1)27(24-15-7-2-8-16-24)21-30-29-31-22-28(25-17-9-3-10-18-25)26-19-11-4-12-20-26/h1-22,29H. The summed E-state index contributed by atoms with van der Waals surface area (Å²) in [5.74, 6) is 0. The Morgan fingerprint density at radius 1 is 0.419 bits per heavy atom. The van der Waals surface area contributed by atoms with Gasteiger partial charge in [0.2, 0.25) is 0 Å². The molecule has 2 nitrogen and oxygen atoms in total. The molecule has 0 aliphatic heterocycles. The summed E-state index contributed by atoms with van der Waals surface area (Å²) in [4.78, 5) is 0. The van der Waals surface area contributed by atoms with Gasteiger partial charge in [0, 0.05) is 11.1 Å². The zero-order chi connectivity index (χ0) is 21.1. The largest absolute Gasteiger partial charge is 0.575 e. The van der Waals surface area contributed by atoms with E-state index >= 15 is 0 Å². The summed E-state index contributed by atoms with van der Waals surface area (Å²) in [7, 11) is 0.117. The van der Waals surface area contributed by atoms with Gasteiger partial charge in [0.15, 0.2) is 0 Å². The van der Waals surface area contributed by atoms with Crippen LogP contribution in [0.15, 0.2) is 134 Å². The highest BCUT2D eigenvalue weighted by Gasteiger charge is 2.07. The zero-order valence-electron chi connectivity index (χ0n) is 17.2. The average molecular weight is 402 g/mol. The first-order chi connectivity index (χ1) is 15.4. The van der Waals surface area contributed by atoms with Crippen LogP contribution in [0, 0.1) is 0 Å². The molecule has 0 spiro atoms. The molecule has 31 heavy (non-hydrogen) atoms. The van der Waals surface area contributed by atoms with Crippen molar-refractivity contribution in [2.24, 2.45) is 0 Å². The van der Waals surface area contributed by atoms with Gasteiger partial charge in [-0.25, -0.2) is 0 Å². The second-order valence-corrected chi connectivity index (χ2v) is 6.98. The second kappa shape index (κ2) is 10.7. The van der Waals surface area contributed by atoms with E-state index in [1.807, 2.05) is 72.8 Å². The summed E-state index contributed by atoms with van der Waals surface area (Å²) < 4.78 is 11.6. The highest BCUT2D eigenvalue weighted by atomic mass is 16.6. The first-order valence-corrected chi connectivity index (χ1v) is 10.3. The minimum absolute atomic E-state index is 0.117. The molecule has 0 unspecified atom stereocenters. The highest BCUT2D eigenvalue weighted by molar-refractivity contribution is 6.19. The predicted octanol–water partition coefficient (Wildman–Crippen LogP) is 6.46. The Hall–Kier alpha value is -3.98. The lowest BCUT2D eigenvalue weighted by Crippen LogP contribution is -1.99. The van der Waals surface area contributed by atoms with Crippen LogP contribution < -0.4 is 0 Å². The second-order valence-electron chi connectivity index (χ2n) is 6.98. The summed E-state index contributed by atoms with van der Waals surface area (Å²) in [6.07, 6.45) is 3.53. The molecule has 0 atom stereocenters. The van der Waals surface area contributed by atoms with Gasteiger partial charge in [-0.2, -0.15) is 0 Å². The van der Waals surface area contributed by atoms with Crippen molar-refractivity contribution in [3.63, 3.8) is 0 Å². The van der Waals surface area contributed by atoms with Crippen molar-refractivity contribution in [1.29, 1.82) is 0 Å². The first kappa shape index (κ1) is 20.3. The molecule has 4 rings (SSSR count). The zero-order valence-corrected chi connectivity index (χ0v) is 17.2. The first-order valence-electron chi connectivity index (χ1n) is 10.3. The molecule has 0 aliphatic carbocycles. The van der Waals surface area contributed by atoms with Crippen LogP contribution in [-0.2, 0) is 9.31 Å². The Labute approximate surface area is 184 Å². The van der Waals surface area contributed by atoms with E-state index < -0.39 is 0 Å². The third-order valence-corrected chi connectivity index (χ3v) is 4.88. The monoisotopic (exact) mass is 402 g/mol. The van der Waals surface area contributed by atoms with Crippen LogP contribution in [0.2, 0.25) is 0 Å². The number of hydrogen-bond acceptors (Lipinski definition) is 2. The quantitative estimate of drug-likeness (QED) is 0.191. The van der Waals surface area contributed by atoms with Gasteiger partial charge in [-0.3, -0.25) is 0 Å². The normalized spacial score (nSPS) is 9.94. The lowest BCUT2D eigenvalue weighted by molar-refractivity contribution is 0.378. The molecule has 0 saturated heterocycles. The van der Waals surface area contributed by atoms with Gasteiger partial charge < -0.3 is 9.31 Å². The minimum atomic E-state index is 0.117. The molecular weight excluding hydrogens is 379 g/mol. The third kappa shape index (κ3) is 5.55. The predicted molar refractivity (Wildman–Crippen MR) is 129 cm³/mol. The van der Waals surface area contributed by atoms with Gasteiger partial charge in [-0.15, -0.1) is 0 Å². The van der Waals surface area contributed by atoms with E-state index in [1.165, 1.54) is 0 Å². The highest BCUT2D eigenvalue weighted by Crippen LogP contribution is 2.24. The van der Waals surface area contributed by atoms with Crippen LogP contribution in [0.4, 0.5) is 0 Å². The molecule has 4 aromatic rings. The maximum Gasteiger partial charge on any atom is 0.575 e. The van der Waals surface area contributed by atoms with E-state index in [0.29, 0.717) is 0 Å². The van der Waals surface area contributed by atoms with Crippen molar-refractivity contribution < 1.29 is 9.31 Å².